The quantitative estimate of drug-likeness (QED) is 0.388. The number of amides is 4. The molecule has 2 N–H and O–H groups in total. The third-order valence-electron chi connectivity index (χ3n) is 5.67. The second kappa shape index (κ2) is 9.70. The lowest BCUT2D eigenvalue weighted by atomic mass is 9.85. The Morgan fingerprint density at radius 2 is 1.50 bits per heavy atom. The number of anilines is 3. The van der Waals surface area contributed by atoms with E-state index >= 15 is 0 Å². The predicted octanol–water partition coefficient (Wildman–Crippen LogP) is 2.90. The van der Waals surface area contributed by atoms with Crippen molar-refractivity contribution in [3.05, 3.63) is 66.2 Å². The van der Waals surface area contributed by atoms with E-state index in [4.69, 9.17) is 4.74 Å². The molecule has 1 aliphatic carbocycles. The summed E-state index contributed by atoms with van der Waals surface area (Å²) in [5, 5.41) is 5.21. The Morgan fingerprint density at radius 1 is 0.912 bits per heavy atom. The molecule has 2 aromatic rings. The van der Waals surface area contributed by atoms with Crippen molar-refractivity contribution in [3.63, 3.8) is 0 Å². The van der Waals surface area contributed by atoms with Gasteiger partial charge in [0.05, 0.1) is 23.1 Å². The molecule has 0 unspecified atom stereocenters. The highest BCUT2D eigenvalue weighted by atomic mass is 16.5. The number of imide groups is 1. The number of esters is 1. The molecule has 1 saturated heterocycles. The average molecular weight is 461 g/mol. The van der Waals surface area contributed by atoms with Gasteiger partial charge in [-0.15, -0.1) is 0 Å². The average Bonchev–Trinajstić information content (AvgIpc) is 3.08. The highest BCUT2D eigenvalue weighted by molar-refractivity contribution is 6.22. The maximum Gasteiger partial charge on any atom is 0.338 e. The molecule has 0 radical (unpaired) electrons. The van der Waals surface area contributed by atoms with Gasteiger partial charge in [-0.25, -0.2) is 4.79 Å². The fourth-order valence-corrected chi connectivity index (χ4v) is 4.08. The van der Waals surface area contributed by atoms with Gasteiger partial charge in [0.2, 0.25) is 17.7 Å². The first-order valence-corrected chi connectivity index (χ1v) is 10.8. The Balaban J connectivity index is 1.35. The first-order chi connectivity index (χ1) is 16.3. The minimum Gasteiger partial charge on any atom is -0.452 e. The van der Waals surface area contributed by atoms with E-state index in [9.17, 15) is 24.0 Å². The summed E-state index contributed by atoms with van der Waals surface area (Å²) in [6.07, 6.45) is 4.87. The first kappa shape index (κ1) is 22.9. The number of hydrogen-bond acceptors (Lipinski definition) is 6. The summed E-state index contributed by atoms with van der Waals surface area (Å²) in [5.74, 6) is -2.79. The monoisotopic (exact) mass is 461 g/mol. The van der Waals surface area contributed by atoms with Crippen LogP contribution in [0.1, 0.15) is 30.1 Å². The summed E-state index contributed by atoms with van der Waals surface area (Å²) in [6.45, 7) is 0.873. The molecule has 2 aromatic carbocycles. The largest absolute Gasteiger partial charge is 0.452 e. The predicted molar refractivity (Wildman–Crippen MR) is 124 cm³/mol. The van der Waals surface area contributed by atoms with Gasteiger partial charge in [0.15, 0.2) is 6.61 Å². The Morgan fingerprint density at radius 3 is 2.09 bits per heavy atom. The molecule has 0 bridgehead atoms. The summed E-state index contributed by atoms with van der Waals surface area (Å²) >= 11 is 0. The van der Waals surface area contributed by atoms with Crippen molar-refractivity contribution in [2.45, 2.75) is 19.8 Å². The van der Waals surface area contributed by atoms with Crippen LogP contribution in [0.3, 0.4) is 0 Å². The number of nitrogens with zero attached hydrogens (tertiary/aromatic N) is 1. The van der Waals surface area contributed by atoms with E-state index in [1.54, 1.807) is 36.4 Å². The molecule has 9 nitrogen and oxygen atoms in total. The van der Waals surface area contributed by atoms with E-state index in [1.165, 1.54) is 19.1 Å². The van der Waals surface area contributed by atoms with E-state index in [1.807, 2.05) is 12.2 Å². The Bertz CT molecular complexity index is 1160. The number of nitrogens with one attached hydrogen (secondary N) is 2. The number of hydrogen-bond donors (Lipinski definition) is 2. The van der Waals surface area contributed by atoms with Crippen molar-refractivity contribution in [2.75, 3.05) is 22.1 Å². The topological polar surface area (TPSA) is 122 Å². The summed E-state index contributed by atoms with van der Waals surface area (Å²) in [7, 11) is 0. The zero-order valence-electron chi connectivity index (χ0n) is 18.4. The third-order valence-corrected chi connectivity index (χ3v) is 5.67. The molecule has 0 saturated carbocycles. The SMILES string of the molecule is CC(=O)Nc1ccc(NC(=O)COC(=O)c2cccc(N3C(=O)[C@@H]4CC=CC[C@H]4C3=O)c2)cc1. The number of carbonyl (C=O) groups excluding carboxylic acids is 5. The van der Waals surface area contributed by atoms with Gasteiger partial charge in [-0.1, -0.05) is 18.2 Å². The highest BCUT2D eigenvalue weighted by Crippen LogP contribution is 2.37. The smallest absolute Gasteiger partial charge is 0.338 e. The van der Waals surface area contributed by atoms with Gasteiger partial charge in [-0.2, -0.15) is 0 Å². The second-order valence-corrected chi connectivity index (χ2v) is 8.10. The normalized spacial score (nSPS) is 18.9. The molecule has 1 fully saturated rings. The van der Waals surface area contributed by atoms with Crippen LogP contribution in [-0.2, 0) is 23.9 Å². The lowest BCUT2D eigenvalue weighted by molar-refractivity contribution is -0.122. The van der Waals surface area contributed by atoms with Gasteiger partial charge in [-0.3, -0.25) is 24.1 Å². The number of benzene rings is 2. The van der Waals surface area contributed by atoms with Crippen LogP contribution < -0.4 is 15.5 Å². The summed E-state index contributed by atoms with van der Waals surface area (Å²) < 4.78 is 5.10. The Labute approximate surface area is 195 Å². The van der Waals surface area contributed by atoms with Crippen molar-refractivity contribution in [3.8, 4) is 0 Å². The van der Waals surface area contributed by atoms with Gasteiger partial charge < -0.3 is 15.4 Å². The highest BCUT2D eigenvalue weighted by Gasteiger charge is 2.47. The molecule has 2 atom stereocenters. The number of rotatable bonds is 6. The van der Waals surface area contributed by atoms with Gasteiger partial charge in [0.25, 0.3) is 5.91 Å². The first-order valence-electron chi connectivity index (χ1n) is 10.8. The number of allylic oxidation sites excluding steroid dienone is 2. The maximum atomic E-state index is 12.8. The summed E-state index contributed by atoms with van der Waals surface area (Å²) in [5.41, 5.74) is 1.49. The second-order valence-electron chi connectivity index (χ2n) is 8.10. The molecular formula is C25H23N3O6. The van der Waals surface area contributed by atoms with Crippen LogP contribution in [0.25, 0.3) is 0 Å². The lowest BCUT2D eigenvalue weighted by Crippen LogP contribution is -2.31. The molecule has 4 amide bonds. The fraction of sp³-hybridized carbons (Fsp3) is 0.240. The van der Waals surface area contributed by atoms with E-state index in [2.05, 4.69) is 10.6 Å². The Hall–Kier alpha value is -4.27. The van der Waals surface area contributed by atoms with Crippen LogP contribution in [0.5, 0.6) is 0 Å². The molecule has 34 heavy (non-hydrogen) atoms. The van der Waals surface area contributed by atoms with Crippen LogP contribution >= 0.6 is 0 Å². The van der Waals surface area contributed by atoms with Crippen LogP contribution in [0.15, 0.2) is 60.7 Å². The third kappa shape index (κ3) is 4.88. The van der Waals surface area contributed by atoms with Crippen molar-refractivity contribution in [1.29, 1.82) is 0 Å². The van der Waals surface area contributed by atoms with Crippen LogP contribution in [-0.4, -0.2) is 36.2 Å². The Kier molecular flexibility index (Phi) is 6.53. The van der Waals surface area contributed by atoms with Crippen LogP contribution in [0, 0.1) is 11.8 Å². The zero-order valence-corrected chi connectivity index (χ0v) is 18.4. The van der Waals surface area contributed by atoms with Crippen molar-refractivity contribution >= 4 is 46.7 Å². The minimum absolute atomic E-state index is 0.124. The summed E-state index contributed by atoms with van der Waals surface area (Å²) in [6, 6.07) is 12.5. The van der Waals surface area contributed by atoms with E-state index in [-0.39, 0.29) is 35.1 Å². The lowest BCUT2D eigenvalue weighted by Gasteiger charge is -2.15. The standard InChI is InChI=1S/C25H23N3O6/c1-15(29)26-17-9-11-18(12-10-17)27-22(30)14-34-25(33)16-5-4-6-19(13-16)28-23(31)20-7-2-3-8-21(20)24(28)32/h2-6,9-13,20-21H,7-8,14H2,1H3,(H,26,29)(H,27,30)/t20-,21-/m1/s1. The molecule has 0 spiro atoms. The zero-order chi connectivity index (χ0) is 24.2. The van der Waals surface area contributed by atoms with Gasteiger partial charge >= 0.3 is 5.97 Å². The van der Waals surface area contributed by atoms with Crippen LogP contribution in [0.2, 0.25) is 0 Å². The maximum absolute atomic E-state index is 12.8. The molecule has 4 rings (SSSR count). The fourth-order valence-electron chi connectivity index (χ4n) is 4.08. The van der Waals surface area contributed by atoms with Gasteiger partial charge in [0.1, 0.15) is 0 Å². The molecule has 9 heteroatoms. The van der Waals surface area contributed by atoms with Gasteiger partial charge in [0, 0.05) is 18.3 Å². The van der Waals surface area contributed by atoms with E-state index in [0.717, 1.165) is 4.90 Å². The minimum atomic E-state index is -0.754. The molecule has 0 aromatic heterocycles. The number of ether oxygens (including phenoxy) is 1. The molecular weight excluding hydrogens is 438 g/mol. The molecule has 2 aliphatic rings. The number of carbonyl (C=O) groups is 5. The van der Waals surface area contributed by atoms with Crippen molar-refractivity contribution < 1.29 is 28.7 Å². The summed E-state index contributed by atoms with van der Waals surface area (Å²) in [4.78, 5) is 62.4. The van der Waals surface area contributed by atoms with E-state index in [0.29, 0.717) is 29.9 Å². The molecule has 1 aliphatic heterocycles. The van der Waals surface area contributed by atoms with Gasteiger partial charge in [-0.05, 0) is 55.3 Å². The van der Waals surface area contributed by atoms with Crippen LogP contribution in [0.4, 0.5) is 17.1 Å². The van der Waals surface area contributed by atoms with E-state index < -0.39 is 18.5 Å². The number of fused-ring (bicyclic) bond motifs is 1. The van der Waals surface area contributed by atoms with Crippen molar-refractivity contribution in [1.82, 2.24) is 0 Å². The molecule has 174 valence electrons. The molecule has 1 heterocycles. The van der Waals surface area contributed by atoms with Crippen molar-refractivity contribution in [2.24, 2.45) is 11.8 Å².